The zero-order valence-electron chi connectivity index (χ0n) is 7.92. The number of rotatable bonds is 3. The Morgan fingerprint density at radius 2 is 1.33 bits per heavy atom. The molecule has 0 aromatic heterocycles. The summed E-state index contributed by atoms with van der Waals surface area (Å²) in [6, 6.07) is 0. The molecule has 0 atom stereocenters. The number of carboxylic acid groups (broad SMARTS) is 1. The standard InChI is InChI=1S/C6H15N.C2H4O2.H4Si/c1-4-7(5-2)6-3;1-2(3)4;/h4-6H2,1-3H3;1H3,(H,3,4);1H4. The average Bonchev–Trinajstić information content (AvgIpc) is 1.90. The van der Waals surface area contributed by atoms with Crippen molar-refractivity contribution < 1.29 is 9.90 Å². The van der Waals surface area contributed by atoms with Crippen LogP contribution in [0.2, 0.25) is 0 Å². The van der Waals surface area contributed by atoms with Crippen LogP contribution in [0.25, 0.3) is 0 Å². The summed E-state index contributed by atoms with van der Waals surface area (Å²) in [7, 11) is 0. The van der Waals surface area contributed by atoms with Crippen molar-refractivity contribution in [3.05, 3.63) is 0 Å². The smallest absolute Gasteiger partial charge is 0.300 e. The van der Waals surface area contributed by atoms with E-state index < -0.39 is 5.97 Å². The number of carbonyl (C=O) groups is 1. The predicted octanol–water partition coefficient (Wildman–Crippen LogP) is -0.0126. The summed E-state index contributed by atoms with van der Waals surface area (Å²) in [5.74, 6) is -0.833. The number of aliphatic carboxylic acids is 1. The molecule has 0 amide bonds. The van der Waals surface area contributed by atoms with Crippen molar-refractivity contribution >= 4 is 16.9 Å². The molecule has 76 valence electrons. The minimum atomic E-state index is -0.833. The Bertz CT molecular complexity index is 85.5. The third-order valence-electron chi connectivity index (χ3n) is 1.34. The van der Waals surface area contributed by atoms with Crippen molar-refractivity contribution in [1.29, 1.82) is 0 Å². The van der Waals surface area contributed by atoms with E-state index in [1.54, 1.807) is 0 Å². The van der Waals surface area contributed by atoms with Crippen LogP contribution in [0.1, 0.15) is 27.7 Å². The summed E-state index contributed by atoms with van der Waals surface area (Å²) in [6.07, 6.45) is 0. The SMILES string of the molecule is CC(=O)O.CCN(CC)CC.[SiH4]. The number of carboxylic acids is 1. The molecule has 0 heterocycles. The van der Waals surface area contributed by atoms with Gasteiger partial charge in [-0.2, -0.15) is 0 Å². The summed E-state index contributed by atoms with van der Waals surface area (Å²) in [5.41, 5.74) is 0. The molecule has 0 aromatic carbocycles. The first-order chi connectivity index (χ1) is 5.08. The summed E-state index contributed by atoms with van der Waals surface area (Å²) < 4.78 is 0. The van der Waals surface area contributed by atoms with Crippen molar-refractivity contribution in [2.45, 2.75) is 27.7 Å². The second-order valence-electron chi connectivity index (χ2n) is 2.14. The molecule has 0 fully saturated rings. The minimum absolute atomic E-state index is 0. The number of hydrogen-bond donors (Lipinski definition) is 1. The maximum atomic E-state index is 9.00. The lowest BCUT2D eigenvalue weighted by molar-refractivity contribution is -0.134. The van der Waals surface area contributed by atoms with Crippen LogP contribution < -0.4 is 0 Å². The van der Waals surface area contributed by atoms with E-state index in [1.165, 1.54) is 19.6 Å². The van der Waals surface area contributed by atoms with E-state index in [4.69, 9.17) is 9.90 Å². The van der Waals surface area contributed by atoms with Crippen LogP contribution in [0, 0.1) is 0 Å². The van der Waals surface area contributed by atoms with Gasteiger partial charge in [0.15, 0.2) is 0 Å². The highest BCUT2D eigenvalue weighted by molar-refractivity contribution is 5.75. The van der Waals surface area contributed by atoms with Crippen LogP contribution >= 0.6 is 0 Å². The Labute approximate surface area is 79.8 Å². The fourth-order valence-corrected chi connectivity index (χ4v) is 0.671. The summed E-state index contributed by atoms with van der Waals surface area (Å²) >= 11 is 0. The fraction of sp³-hybridized carbons (Fsp3) is 0.875. The highest BCUT2D eigenvalue weighted by atomic mass is 28.1. The van der Waals surface area contributed by atoms with Gasteiger partial charge >= 0.3 is 0 Å². The van der Waals surface area contributed by atoms with E-state index in [9.17, 15) is 0 Å². The molecule has 0 aliphatic rings. The molecule has 0 aliphatic carbocycles. The lowest BCUT2D eigenvalue weighted by atomic mass is 10.5. The topological polar surface area (TPSA) is 40.5 Å². The van der Waals surface area contributed by atoms with Gasteiger partial charge in [0.1, 0.15) is 0 Å². The zero-order chi connectivity index (χ0) is 9.28. The molecule has 0 rings (SSSR count). The molecule has 4 heteroatoms. The van der Waals surface area contributed by atoms with Gasteiger partial charge in [-0.3, -0.25) is 4.79 Å². The maximum absolute atomic E-state index is 9.00. The maximum Gasteiger partial charge on any atom is 0.300 e. The normalized spacial score (nSPS) is 8.08. The van der Waals surface area contributed by atoms with Crippen LogP contribution in [0.3, 0.4) is 0 Å². The average molecular weight is 193 g/mol. The quantitative estimate of drug-likeness (QED) is 0.641. The molecule has 0 unspecified atom stereocenters. The van der Waals surface area contributed by atoms with Crippen LogP contribution in [-0.2, 0) is 4.79 Å². The van der Waals surface area contributed by atoms with E-state index >= 15 is 0 Å². The predicted molar refractivity (Wildman–Crippen MR) is 58.1 cm³/mol. The van der Waals surface area contributed by atoms with Gasteiger partial charge in [-0.25, -0.2) is 0 Å². The van der Waals surface area contributed by atoms with Gasteiger partial charge in [0, 0.05) is 6.92 Å². The molecule has 0 aromatic rings. The molecule has 0 spiro atoms. The molecule has 12 heavy (non-hydrogen) atoms. The van der Waals surface area contributed by atoms with Gasteiger partial charge in [0.05, 0.1) is 0 Å². The molecule has 1 N–H and O–H groups in total. The van der Waals surface area contributed by atoms with Crippen molar-refractivity contribution in [3.63, 3.8) is 0 Å². The summed E-state index contributed by atoms with van der Waals surface area (Å²) in [4.78, 5) is 11.4. The number of nitrogens with zero attached hydrogens (tertiary/aromatic N) is 1. The first-order valence-electron chi connectivity index (χ1n) is 4.00. The van der Waals surface area contributed by atoms with Crippen molar-refractivity contribution in [3.8, 4) is 0 Å². The minimum Gasteiger partial charge on any atom is -0.481 e. The van der Waals surface area contributed by atoms with Gasteiger partial charge in [-0.15, -0.1) is 0 Å². The van der Waals surface area contributed by atoms with Gasteiger partial charge < -0.3 is 10.0 Å². The van der Waals surface area contributed by atoms with Crippen molar-refractivity contribution in [1.82, 2.24) is 4.90 Å². The van der Waals surface area contributed by atoms with E-state index in [1.807, 2.05) is 0 Å². The van der Waals surface area contributed by atoms with Gasteiger partial charge in [-0.1, -0.05) is 20.8 Å². The molecule has 0 saturated carbocycles. The Hall–Kier alpha value is -0.353. The first-order valence-corrected chi connectivity index (χ1v) is 4.00. The Balaban J connectivity index is -0.000000142. The van der Waals surface area contributed by atoms with E-state index in [0.717, 1.165) is 6.92 Å². The fourth-order valence-electron chi connectivity index (χ4n) is 0.671. The van der Waals surface area contributed by atoms with Crippen molar-refractivity contribution in [2.75, 3.05) is 19.6 Å². The lowest BCUT2D eigenvalue weighted by Crippen LogP contribution is -2.21. The molecule has 3 nitrogen and oxygen atoms in total. The largest absolute Gasteiger partial charge is 0.481 e. The molecule has 0 bridgehead atoms. The van der Waals surface area contributed by atoms with Crippen molar-refractivity contribution in [2.24, 2.45) is 0 Å². The summed E-state index contributed by atoms with van der Waals surface area (Å²) in [5, 5.41) is 7.42. The highest BCUT2D eigenvalue weighted by Crippen LogP contribution is 1.81. The molecular weight excluding hydrogens is 170 g/mol. The second-order valence-corrected chi connectivity index (χ2v) is 2.14. The monoisotopic (exact) mass is 193 g/mol. The Morgan fingerprint density at radius 3 is 1.33 bits per heavy atom. The number of hydrogen-bond acceptors (Lipinski definition) is 2. The molecule has 0 aliphatic heterocycles. The van der Waals surface area contributed by atoms with Gasteiger partial charge in [0.2, 0.25) is 0 Å². The highest BCUT2D eigenvalue weighted by Gasteiger charge is 1.89. The van der Waals surface area contributed by atoms with Gasteiger partial charge in [-0.05, 0) is 30.6 Å². The molecular formula is C8H23NO2Si. The third kappa shape index (κ3) is 22.6. The van der Waals surface area contributed by atoms with E-state index in [2.05, 4.69) is 25.7 Å². The molecule has 0 radical (unpaired) electrons. The van der Waals surface area contributed by atoms with Crippen LogP contribution in [-0.4, -0.2) is 46.6 Å². The zero-order valence-corrected chi connectivity index (χ0v) is 7.92. The summed E-state index contributed by atoms with van der Waals surface area (Å²) in [6.45, 7) is 11.2. The Kier molecular flexibility index (Phi) is 19.5. The molecule has 0 saturated heterocycles. The third-order valence-corrected chi connectivity index (χ3v) is 1.34. The van der Waals surface area contributed by atoms with E-state index in [-0.39, 0.29) is 11.0 Å². The first kappa shape index (κ1) is 17.7. The Morgan fingerprint density at radius 1 is 1.17 bits per heavy atom. The second kappa shape index (κ2) is 13.3. The lowest BCUT2D eigenvalue weighted by Gasteiger charge is -2.13. The van der Waals surface area contributed by atoms with Crippen LogP contribution in [0.4, 0.5) is 0 Å². The van der Waals surface area contributed by atoms with Gasteiger partial charge in [0.25, 0.3) is 5.97 Å². The van der Waals surface area contributed by atoms with Crippen LogP contribution in [0.5, 0.6) is 0 Å². The van der Waals surface area contributed by atoms with E-state index in [0.29, 0.717) is 0 Å². The van der Waals surface area contributed by atoms with Crippen LogP contribution in [0.15, 0.2) is 0 Å².